The van der Waals surface area contributed by atoms with Gasteiger partial charge in [-0.15, -0.1) is 0 Å². The van der Waals surface area contributed by atoms with E-state index in [9.17, 15) is 0 Å². The van der Waals surface area contributed by atoms with Crippen LogP contribution in [0.1, 0.15) is 45.5 Å². The fourth-order valence-electron chi connectivity index (χ4n) is 2.84. The Balaban J connectivity index is 2.25. The van der Waals surface area contributed by atoms with Crippen LogP contribution in [0.4, 0.5) is 0 Å². The molecule has 0 radical (unpaired) electrons. The van der Waals surface area contributed by atoms with Crippen LogP contribution in [0.15, 0.2) is 22.7 Å². The lowest BCUT2D eigenvalue weighted by molar-refractivity contribution is 0.373. The molecule has 2 N–H and O–H groups in total. The lowest BCUT2D eigenvalue weighted by atomic mass is 9.96. The molecule has 102 valence electrons. The predicted octanol–water partition coefficient (Wildman–Crippen LogP) is 3.96. The molecule has 1 aromatic carbocycles. The van der Waals surface area contributed by atoms with E-state index in [4.69, 9.17) is 10.7 Å². The average Bonchev–Trinajstić information content (AvgIpc) is 3.10. The van der Waals surface area contributed by atoms with E-state index in [0.29, 0.717) is 12.0 Å². The van der Waals surface area contributed by atoms with Gasteiger partial charge in [0, 0.05) is 10.5 Å². The zero-order chi connectivity index (χ0) is 13.8. The Bertz CT molecular complexity index is 624. The second kappa shape index (κ2) is 4.32. The molecule has 1 heterocycles. The molecule has 1 saturated carbocycles. The van der Waals surface area contributed by atoms with E-state index in [1.807, 2.05) is 0 Å². The van der Waals surface area contributed by atoms with Gasteiger partial charge in [-0.2, -0.15) is 0 Å². The molecule has 19 heavy (non-hydrogen) atoms. The molecule has 0 amide bonds. The Labute approximate surface area is 122 Å². The SMILES string of the molecule is CC(C)n1c(C(C)(N)C2CC2)nc2cc(Br)ccc21. The van der Waals surface area contributed by atoms with E-state index in [0.717, 1.165) is 15.8 Å². The standard InChI is InChI=1S/C15H20BrN3/c1-9(2)19-13-7-6-11(16)8-12(13)18-14(19)15(3,17)10-4-5-10/h6-10H,4-5,17H2,1-3H3. The Hall–Kier alpha value is -0.870. The molecule has 0 saturated heterocycles. The Kier molecular flexibility index (Phi) is 2.98. The molecule has 1 atom stereocenters. The third-order valence-corrected chi connectivity index (χ3v) is 4.57. The van der Waals surface area contributed by atoms with Crippen molar-refractivity contribution in [2.45, 2.75) is 45.2 Å². The van der Waals surface area contributed by atoms with Gasteiger partial charge in [-0.3, -0.25) is 0 Å². The van der Waals surface area contributed by atoms with Crippen molar-refractivity contribution in [3.63, 3.8) is 0 Å². The zero-order valence-electron chi connectivity index (χ0n) is 11.7. The molecule has 2 aromatic rings. The summed E-state index contributed by atoms with van der Waals surface area (Å²) >= 11 is 3.51. The molecule has 3 rings (SSSR count). The maximum absolute atomic E-state index is 6.59. The number of benzene rings is 1. The molecular weight excluding hydrogens is 302 g/mol. The summed E-state index contributed by atoms with van der Waals surface area (Å²) in [5, 5.41) is 0. The van der Waals surface area contributed by atoms with E-state index in [2.05, 4.69) is 59.5 Å². The van der Waals surface area contributed by atoms with Gasteiger partial charge in [0.25, 0.3) is 0 Å². The molecule has 1 aromatic heterocycles. The Morgan fingerprint density at radius 1 is 1.42 bits per heavy atom. The summed E-state index contributed by atoms with van der Waals surface area (Å²) < 4.78 is 3.35. The van der Waals surface area contributed by atoms with Crippen LogP contribution in [-0.4, -0.2) is 9.55 Å². The smallest absolute Gasteiger partial charge is 0.130 e. The molecular formula is C15H20BrN3. The summed E-state index contributed by atoms with van der Waals surface area (Å²) in [6.45, 7) is 6.51. The van der Waals surface area contributed by atoms with Gasteiger partial charge in [-0.05, 0) is 57.7 Å². The number of nitrogens with zero attached hydrogens (tertiary/aromatic N) is 2. The first-order valence-corrected chi connectivity index (χ1v) is 7.67. The summed E-state index contributed by atoms with van der Waals surface area (Å²) in [6.07, 6.45) is 2.44. The number of halogens is 1. The number of imidazole rings is 1. The van der Waals surface area contributed by atoms with Crippen molar-refractivity contribution in [2.75, 3.05) is 0 Å². The Morgan fingerprint density at radius 2 is 2.11 bits per heavy atom. The molecule has 1 aliphatic carbocycles. The highest BCUT2D eigenvalue weighted by atomic mass is 79.9. The third-order valence-electron chi connectivity index (χ3n) is 4.08. The van der Waals surface area contributed by atoms with Gasteiger partial charge < -0.3 is 10.3 Å². The van der Waals surface area contributed by atoms with Crippen molar-refractivity contribution in [1.82, 2.24) is 9.55 Å². The highest BCUT2D eigenvalue weighted by Gasteiger charge is 2.43. The van der Waals surface area contributed by atoms with Crippen molar-refractivity contribution < 1.29 is 0 Å². The summed E-state index contributed by atoms with van der Waals surface area (Å²) in [6, 6.07) is 6.62. The highest BCUT2D eigenvalue weighted by Crippen LogP contribution is 2.44. The number of nitrogens with two attached hydrogens (primary N) is 1. The molecule has 1 aliphatic rings. The van der Waals surface area contributed by atoms with Gasteiger partial charge >= 0.3 is 0 Å². The molecule has 1 fully saturated rings. The predicted molar refractivity (Wildman–Crippen MR) is 82.1 cm³/mol. The van der Waals surface area contributed by atoms with E-state index in [1.54, 1.807) is 0 Å². The first-order chi connectivity index (χ1) is 8.91. The zero-order valence-corrected chi connectivity index (χ0v) is 13.2. The third kappa shape index (κ3) is 2.11. The maximum Gasteiger partial charge on any atom is 0.130 e. The van der Waals surface area contributed by atoms with Gasteiger partial charge in [0.15, 0.2) is 0 Å². The minimum absolute atomic E-state index is 0.324. The van der Waals surface area contributed by atoms with E-state index >= 15 is 0 Å². The first kappa shape index (κ1) is 13.1. The average molecular weight is 322 g/mol. The maximum atomic E-state index is 6.59. The van der Waals surface area contributed by atoms with E-state index < -0.39 is 0 Å². The summed E-state index contributed by atoms with van der Waals surface area (Å²) in [5.41, 5.74) is 8.46. The summed E-state index contributed by atoms with van der Waals surface area (Å²) in [4.78, 5) is 4.84. The van der Waals surface area contributed by atoms with Crippen molar-refractivity contribution in [3.8, 4) is 0 Å². The van der Waals surface area contributed by atoms with E-state index in [-0.39, 0.29) is 5.54 Å². The number of fused-ring (bicyclic) bond motifs is 1. The quantitative estimate of drug-likeness (QED) is 0.929. The van der Waals surface area contributed by atoms with Gasteiger partial charge in [-0.1, -0.05) is 15.9 Å². The summed E-state index contributed by atoms with van der Waals surface area (Å²) in [5.74, 6) is 1.60. The Morgan fingerprint density at radius 3 is 2.68 bits per heavy atom. The van der Waals surface area contributed by atoms with Crippen LogP contribution >= 0.6 is 15.9 Å². The van der Waals surface area contributed by atoms with Crippen LogP contribution in [0.25, 0.3) is 11.0 Å². The van der Waals surface area contributed by atoms with Crippen LogP contribution in [0.5, 0.6) is 0 Å². The fourth-order valence-corrected chi connectivity index (χ4v) is 3.19. The second-order valence-corrected chi connectivity index (χ2v) is 7.00. The minimum atomic E-state index is -0.324. The minimum Gasteiger partial charge on any atom is -0.324 e. The van der Waals surface area contributed by atoms with Crippen molar-refractivity contribution in [1.29, 1.82) is 0 Å². The highest BCUT2D eigenvalue weighted by molar-refractivity contribution is 9.10. The monoisotopic (exact) mass is 321 g/mol. The molecule has 0 bridgehead atoms. The van der Waals surface area contributed by atoms with Crippen molar-refractivity contribution in [2.24, 2.45) is 11.7 Å². The number of rotatable bonds is 3. The lowest BCUT2D eigenvalue weighted by Crippen LogP contribution is -2.38. The van der Waals surface area contributed by atoms with E-state index in [1.165, 1.54) is 18.4 Å². The van der Waals surface area contributed by atoms with Crippen LogP contribution in [0, 0.1) is 5.92 Å². The molecule has 3 nitrogen and oxygen atoms in total. The van der Waals surface area contributed by atoms with Gasteiger partial charge in [0.2, 0.25) is 0 Å². The first-order valence-electron chi connectivity index (χ1n) is 6.88. The molecule has 0 spiro atoms. The molecule has 1 unspecified atom stereocenters. The number of hydrogen-bond acceptors (Lipinski definition) is 2. The van der Waals surface area contributed by atoms with Gasteiger partial charge in [0.1, 0.15) is 5.82 Å². The normalized spacial score (nSPS) is 19.1. The van der Waals surface area contributed by atoms with Crippen LogP contribution < -0.4 is 5.73 Å². The number of hydrogen-bond donors (Lipinski definition) is 1. The lowest BCUT2D eigenvalue weighted by Gasteiger charge is -2.26. The summed E-state index contributed by atoms with van der Waals surface area (Å²) in [7, 11) is 0. The topological polar surface area (TPSA) is 43.8 Å². The van der Waals surface area contributed by atoms with Crippen LogP contribution in [-0.2, 0) is 5.54 Å². The second-order valence-electron chi connectivity index (χ2n) is 6.09. The van der Waals surface area contributed by atoms with Gasteiger partial charge in [0.05, 0.1) is 16.6 Å². The van der Waals surface area contributed by atoms with Crippen molar-refractivity contribution >= 4 is 27.0 Å². The number of aromatic nitrogens is 2. The van der Waals surface area contributed by atoms with Crippen molar-refractivity contribution in [3.05, 3.63) is 28.5 Å². The largest absolute Gasteiger partial charge is 0.324 e. The molecule has 4 heteroatoms. The van der Waals surface area contributed by atoms with Crippen LogP contribution in [0.3, 0.4) is 0 Å². The van der Waals surface area contributed by atoms with Gasteiger partial charge in [-0.25, -0.2) is 4.98 Å². The molecule has 0 aliphatic heterocycles. The fraction of sp³-hybridized carbons (Fsp3) is 0.533. The van der Waals surface area contributed by atoms with Crippen LogP contribution in [0.2, 0.25) is 0 Å².